The van der Waals surface area contributed by atoms with E-state index in [2.05, 4.69) is 0 Å². The van der Waals surface area contributed by atoms with Gasteiger partial charge in [0.25, 0.3) is 0 Å². The van der Waals surface area contributed by atoms with Gasteiger partial charge < -0.3 is 19.7 Å². The van der Waals surface area contributed by atoms with Gasteiger partial charge in [-0.1, -0.05) is 0 Å². The molecule has 4 heteroatoms. The predicted molar refractivity (Wildman–Crippen MR) is 38.0 cm³/mol. The fourth-order valence-corrected chi connectivity index (χ4v) is 1.31. The van der Waals surface area contributed by atoms with Gasteiger partial charge in [-0.25, -0.2) is 0 Å². The molecule has 0 aromatic heterocycles. The molecule has 11 heavy (non-hydrogen) atoms. The van der Waals surface area contributed by atoms with E-state index in [-0.39, 0.29) is 6.10 Å². The van der Waals surface area contributed by atoms with Crippen LogP contribution in [0.1, 0.15) is 13.3 Å². The van der Waals surface area contributed by atoms with E-state index < -0.39 is 18.5 Å². The Balaban J connectivity index is 2.52. The molecule has 0 radical (unpaired) electrons. The standard InChI is InChI=1S/C7H14O4/c1-4-3-5(8)6(10-2)7(9)11-4/h4-9H,3H2,1-2H3/t4-,5-,6+,7+/m1/s1. The SMILES string of the molecule is CO[C@H]1[C@H](O)C[C@@H](C)O[C@@H]1O. The molecule has 1 heterocycles. The van der Waals surface area contributed by atoms with Crippen molar-refractivity contribution in [1.29, 1.82) is 0 Å². The van der Waals surface area contributed by atoms with Crippen LogP contribution >= 0.6 is 0 Å². The summed E-state index contributed by atoms with van der Waals surface area (Å²) in [6.07, 6.45) is -1.83. The molecule has 0 amide bonds. The van der Waals surface area contributed by atoms with E-state index in [1.54, 1.807) is 6.92 Å². The molecule has 2 N–H and O–H groups in total. The van der Waals surface area contributed by atoms with Crippen molar-refractivity contribution in [2.24, 2.45) is 0 Å². The van der Waals surface area contributed by atoms with Gasteiger partial charge in [-0.3, -0.25) is 0 Å². The summed E-state index contributed by atoms with van der Waals surface area (Å²) >= 11 is 0. The highest BCUT2D eigenvalue weighted by Gasteiger charge is 2.34. The molecule has 0 aliphatic carbocycles. The first-order valence-corrected chi connectivity index (χ1v) is 3.69. The van der Waals surface area contributed by atoms with E-state index in [1.165, 1.54) is 7.11 Å². The Hall–Kier alpha value is -0.160. The average Bonchev–Trinajstić information content (AvgIpc) is 1.85. The Labute approximate surface area is 65.7 Å². The maximum atomic E-state index is 9.34. The third kappa shape index (κ3) is 1.90. The van der Waals surface area contributed by atoms with Crippen molar-refractivity contribution in [3.8, 4) is 0 Å². The number of rotatable bonds is 1. The number of methoxy groups -OCH3 is 1. The van der Waals surface area contributed by atoms with Crippen LogP contribution in [-0.4, -0.2) is 41.9 Å². The fourth-order valence-electron chi connectivity index (χ4n) is 1.31. The Morgan fingerprint density at radius 3 is 2.55 bits per heavy atom. The molecule has 1 aliphatic heterocycles. The van der Waals surface area contributed by atoms with Crippen LogP contribution in [0, 0.1) is 0 Å². The number of hydrogen-bond donors (Lipinski definition) is 2. The number of ether oxygens (including phenoxy) is 2. The summed E-state index contributed by atoms with van der Waals surface area (Å²) < 4.78 is 9.87. The first kappa shape index (κ1) is 8.93. The number of aliphatic hydroxyl groups excluding tert-OH is 2. The maximum absolute atomic E-state index is 9.34. The molecular weight excluding hydrogens is 148 g/mol. The van der Waals surface area contributed by atoms with Crippen molar-refractivity contribution in [1.82, 2.24) is 0 Å². The molecular formula is C7H14O4. The monoisotopic (exact) mass is 162 g/mol. The third-order valence-electron chi connectivity index (χ3n) is 1.88. The Bertz CT molecular complexity index is 116. The van der Waals surface area contributed by atoms with Crippen LogP contribution in [0.3, 0.4) is 0 Å². The summed E-state index contributed by atoms with van der Waals surface area (Å²) in [7, 11) is 1.44. The molecule has 1 rings (SSSR count). The Morgan fingerprint density at radius 2 is 2.09 bits per heavy atom. The van der Waals surface area contributed by atoms with Crippen LogP contribution in [0.4, 0.5) is 0 Å². The lowest BCUT2D eigenvalue weighted by Crippen LogP contribution is -2.48. The topological polar surface area (TPSA) is 58.9 Å². The molecule has 0 spiro atoms. The summed E-state index contributed by atoms with van der Waals surface area (Å²) in [5.74, 6) is 0. The Kier molecular flexibility index (Phi) is 2.84. The molecule has 0 aromatic rings. The maximum Gasteiger partial charge on any atom is 0.183 e. The first-order valence-electron chi connectivity index (χ1n) is 3.69. The highest BCUT2D eigenvalue weighted by molar-refractivity contribution is 4.79. The molecule has 1 aliphatic rings. The minimum Gasteiger partial charge on any atom is -0.390 e. The van der Waals surface area contributed by atoms with E-state index in [0.29, 0.717) is 6.42 Å². The van der Waals surface area contributed by atoms with Crippen LogP contribution in [-0.2, 0) is 9.47 Å². The molecule has 0 aromatic carbocycles. The van der Waals surface area contributed by atoms with Crippen molar-refractivity contribution in [2.45, 2.75) is 37.9 Å². The van der Waals surface area contributed by atoms with Crippen molar-refractivity contribution < 1.29 is 19.7 Å². The van der Waals surface area contributed by atoms with Gasteiger partial charge in [-0.15, -0.1) is 0 Å². The fraction of sp³-hybridized carbons (Fsp3) is 1.00. The van der Waals surface area contributed by atoms with Crippen LogP contribution in [0.2, 0.25) is 0 Å². The number of hydrogen-bond acceptors (Lipinski definition) is 4. The van der Waals surface area contributed by atoms with Crippen LogP contribution < -0.4 is 0 Å². The van der Waals surface area contributed by atoms with Gasteiger partial charge in [0, 0.05) is 13.5 Å². The van der Waals surface area contributed by atoms with E-state index in [1.807, 2.05) is 0 Å². The van der Waals surface area contributed by atoms with Gasteiger partial charge in [0.2, 0.25) is 0 Å². The summed E-state index contributed by atoms with van der Waals surface area (Å²) in [5, 5.41) is 18.5. The van der Waals surface area contributed by atoms with Crippen LogP contribution in [0.15, 0.2) is 0 Å². The van der Waals surface area contributed by atoms with Crippen molar-refractivity contribution in [3.63, 3.8) is 0 Å². The summed E-state index contributed by atoms with van der Waals surface area (Å²) in [6, 6.07) is 0. The van der Waals surface area contributed by atoms with E-state index in [0.717, 1.165) is 0 Å². The van der Waals surface area contributed by atoms with Gasteiger partial charge in [-0.2, -0.15) is 0 Å². The lowest BCUT2D eigenvalue weighted by Gasteiger charge is -2.34. The average molecular weight is 162 g/mol. The van der Waals surface area contributed by atoms with Crippen molar-refractivity contribution in [3.05, 3.63) is 0 Å². The molecule has 4 atom stereocenters. The lowest BCUT2D eigenvalue weighted by atomic mass is 10.0. The summed E-state index contributed by atoms with van der Waals surface area (Å²) in [4.78, 5) is 0. The van der Waals surface area contributed by atoms with E-state index in [4.69, 9.17) is 9.47 Å². The highest BCUT2D eigenvalue weighted by atomic mass is 16.6. The minimum absolute atomic E-state index is 0.105. The van der Waals surface area contributed by atoms with Crippen LogP contribution in [0.25, 0.3) is 0 Å². The zero-order chi connectivity index (χ0) is 8.43. The summed E-state index contributed by atoms with van der Waals surface area (Å²) in [6.45, 7) is 1.80. The van der Waals surface area contributed by atoms with Gasteiger partial charge in [-0.05, 0) is 6.92 Å². The second-order valence-electron chi connectivity index (χ2n) is 2.84. The molecule has 4 nitrogen and oxygen atoms in total. The molecule has 0 unspecified atom stereocenters. The molecule has 0 saturated carbocycles. The Morgan fingerprint density at radius 1 is 1.45 bits per heavy atom. The van der Waals surface area contributed by atoms with Gasteiger partial charge >= 0.3 is 0 Å². The minimum atomic E-state index is -1.00. The predicted octanol–water partition coefficient (Wildman–Crippen LogP) is -0.510. The molecule has 1 saturated heterocycles. The van der Waals surface area contributed by atoms with Crippen molar-refractivity contribution >= 4 is 0 Å². The lowest BCUT2D eigenvalue weighted by molar-refractivity contribution is -0.249. The second kappa shape index (κ2) is 3.49. The largest absolute Gasteiger partial charge is 0.390 e. The first-order chi connectivity index (χ1) is 5.15. The van der Waals surface area contributed by atoms with Crippen molar-refractivity contribution in [2.75, 3.05) is 7.11 Å². The molecule has 66 valence electrons. The molecule has 1 fully saturated rings. The van der Waals surface area contributed by atoms with Crippen LogP contribution in [0.5, 0.6) is 0 Å². The third-order valence-corrected chi connectivity index (χ3v) is 1.88. The zero-order valence-corrected chi connectivity index (χ0v) is 6.73. The number of aliphatic hydroxyl groups is 2. The summed E-state index contributed by atoms with van der Waals surface area (Å²) in [5.41, 5.74) is 0. The van der Waals surface area contributed by atoms with Gasteiger partial charge in [0.15, 0.2) is 6.29 Å². The molecule has 0 bridgehead atoms. The van der Waals surface area contributed by atoms with E-state index >= 15 is 0 Å². The zero-order valence-electron chi connectivity index (χ0n) is 6.73. The quantitative estimate of drug-likeness (QED) is 0.545. The smallest absolute Gasteiger partial charge is 0.183 e. The van der Waals surface area contributed by atoms with Gasteiger partial charge in [0.1, 0.15) is 6.10 Å². The highest BCUT2D eigenvalue weighted by Crippen LogP contribution is 2.20. The van der Waals surface area contributed by atoms with Gasteiger partial charge in [0.05, 0.1) is 12.2 Å². The van der Waals surface area contributed by atoms with E-state index in [9.17, 15) is 10.2 Å². The normalized spacial score (nSPS) is 45.8. The second-order valence-corrected chi connectivity index (χ2v) is 2.84.